The molecular formula is C15H18BrFN2O2. The summed E-state index contributed by atoms with van der Waals surface area (Å²) in [6.45, 7) is 3.44. The maximum Gasteiger partial charge on any atom is 0.257 e. The van der Waals surface area contributed by atoms with Gasteiger partial charge < -0.3 is 10.2 Å². The van der Waals surface area contributed by atoms with Gasteiger partial charge in [0.05, 0.1) is 5.56 Å². The minimum Gasteiger partial charge on any atom is -0.356 e. The molecule has 0 saturated carbocycles. The number of carbonyl (C=O) groups is 2. The van der Waals surface area contributed by atoms with E-state index >= 15 is 0 Å². The van der Waals surface area contributed by atoms with Gasteiger partial charge in [0.25, 0.3) is 5.91 Å². The van der Waals surface area contributed by atoms with Crippen molar-refractivity contribution in [2.75, 3.05) is 19.6 Å². The fourth-order valence-corrected chi connectivity index (χ4v) is 3.04. The normalized spacial score (nSPS) is 15.9. The zero-order valence-corrected chi connectivity index (χ0v) is 13.5. The summed E-state index contributed by atoms with van der Waals surface area (Å²) in [5.74, 6) is -0.871. The fraction of sp³-hybridized carbons (Fsp3) is 0.467. The van der Waals surface area contributed by atoms with E-state index in [1.165, 1.54) is 6.07 Å². The van der Waals surface area contributed by atoms with E-state index in [2.05, 4.69) is 21.2 Å². The minimum absolute atomic E-state index is 0.0386. The molecule has 2 amide bonds. The van der Waals surface area contributed by atoms with Gasteiger partial charge in [-0.3, -0.25) is 9.59 Å². The summed E-state index contributed by atoms with van der Waals surface area (Å²) in [5, 5.41) is 2.80. The first-order chi connectivity index (χ1) is 10.0. The SMILES string of the molecule is CCNC(=O)C1CCN(C(=O)c2c(F)cccc2Br)CC1. The average molecular weight is 357 g/mol. The second-order valence-corrected chi connectivity index (χ2v) is 5.91. The van der Waals surface area contributed by atoms with E-state index in [4.69, 9.17) is 0 Å². The summed E-state index contributed by atoms with van der Waals surface area (Å²) in [6.07, 6.45) is 1.23. The number of benzene rings is 1. The van der Waals surface area contributed by atoms with Gasteiger partial charge in [0.15, 0.2) is 0 Å². The molecule has 1 fully saturated rings. The van der Waals surface area contributed by atoms with Crippen molar-refractivity contribution in [2.24, 2.45) is 5.92 Å². The molecule has 1 heterocycles. The van der Waals surface area contributed by atoms with Crippen molar-refractivity contribution < 1.29 is 14.0 Å². The number of nitrogens with zero attached hydrogens (tertiary/aromatic N) is 1. The molecule has 21 heavy (non-hydrogen) atoms. The van der Waals surface area contributed by atoms with Gasteiger partial charge in [-0.05, 0) is 47.8 Å². The largest absolute Gasteiger partial charge is 0.356 e. The number of hydrogen-bond acceptors (Lipinski definition) is 2. The predicted molar refractivity (Wildman–Crippen MR) is 81.4 cm³/mol. The second kappa shape index (κ2) is 7.02. The van der Waals surface area contributed by atoms with Crippen LogP contribution in [-0.2, 0) is 4.79 Å². The number of likely N-dealkylation sites (tertiary alicyclic amines) is 1. The van der Waals surface area contributed by atoms with Gasteiger partial charge >= 0.3 is 0 Å². The van der Waals surface area contributed by atoms with Gasteiger partial charge in [-0.1, -0.05) is 6.07 Å². The van der Waals surface area contributed by atoms with Crippen LogP contribution < -0.4 is 5.32 Å². The van der Waals surface area contributed by atoms with Gasteiger partial charge in [-0.25, -0.2) is 4.39 Å². The molecule has 1 saturated heterocycles. The summed E-state index contributed by atoms with van der Waals surface area (Å²) in [5.41, 5.74) is 0.0639. The minimum atomic E-state index is -0.528. The fourth-order valence-electron chi connectivity index (χ4n) is 2.52. The van der Waals surface area contributed by atoms with Crippen LogP contribution in [0.4, 0.5) is 4.39 Å². The van der Waals surface area contributed by atoms with Crippen molar-refractivity contribution in [3.8, 4) is 0 Å². The molecule has 1 aliphatic heterocycles. The second-order valence-electron chi connectivity index (χ2n) is 5.06. The molecule has 1 N–H and O–H groups in total. The number of carbonyl (C=O) groups excluding carboxylic acids is 2. The quantitative estimate of drug-likeness (QED) is 0.904. The number of nitrogens with one attached hydrogen (secondary N) is 1. The van der Waals surface area contributed by atoms with Gasteiger partial charge in [-0.2, -0.15) is 0 Å². The van der Waals surface area contributed by atoms with E-state index in [1.54, 1.807) is 17.0 Å². The van der Waals surface area contributed by atoms with Crippen molar-refractivity contribution in [2.45, 2.75) is 19.8 Å². The Labute approximate surface area is 131 Å². The van der Waals surface area contributed by atoms with Crippen LogP contribution in [0.15, 0.2) is 22.7 Å². The molecule has 0 unspecified atom stereocenters. The molecule has 6 heteroatoms. The predicted octanol–water partition coefficient (Wildman–Crippen LogP) is 2.58. The Bertz CT molecular complexity index is 522. The number of piperidine rings is 1. The molecule has 4 nitrogen and oxygen atoms in total. The molecule has 0 radical (unpaired) electrons. The Morgan fingerprint density at radius 3 is 2.62 bits per heavy atom. The highest BCUT2D eigenvalue weighted by molar-refractivity contribution is 9.10. The van der Waals surface area contributed by atoms with Crippen LogP contribution in [0.3, 0.4) is 0 Å². The molecule has 0 bridgehead atoms. The van der Waals surface area contributed by atoms with Crippen molar-refractivity contribution in [1.82, 2.24) is 10.2 Å². The van der Waals surface area contributed by atoms with Crippen LogP contribution in [0.25, 0.3) is 0 Å². The summed E-state index contributed by atoms with van der Waals surface area (Å²) >= 11 is 3.22. The Balaban J connectivity index is 2.02. The van der Waals surface area contributed by atoms with E-state index in [9.17, 15) is 14.0 Å². The molecule has 0 aliphatic carbocycles. The van der Waals surface area contributed by atoms with E-state index < -0.39 is 5.82 Å². The van der Waals surface area contributed by atoms with Gasteiger partial charge in [0.1, 0.15) is 5.82 Å². The Morgan fingerprint density at radius 1 is 1.38 bits per heavy atom. The zero-order valence-electron chi connectivity index (χ0n) is 11.9. The van der Waals surface area contributed by atoms with E-state index in [0.29, 0.717) is 36.9 Å². The standard InChI is InChI=1S/C15H18BrFN2O2/c1-2-18-14(20)10-6-8-19(9-7-10)15(21)13-11(16)4-3-5-12(13)17/h3-5,10H,2,6-9H2,1H3,(H,18,20). The van der Waals surface area contributed by atoms with Crippen LogP contribution in [0.1, 0.15) is 30.1 Å². The molecule has 114 valence electrons. The zero-order chi connectivity index (χ0) is 15.4. The third-order valence-corrected chi connectivity index (χ3v) is 4.34. The molecule has 1 aromatic carbocycles. The summed E-state index contributed by atoms with van der Waals surface area (Å²) in [7, 11) is 0. The van der Waals surface area contributed by atoms with E-state index in [1.807, 2.05) is 6.92 Å². The highest BCUT2D eigenvalue weighted by atomic mass is 79.9. The molecular weight excluding hydrogens is 339 g/mol. The lowest BCUT2D eigenvalue weighted by Gasteiger charge is -2.31. The molecule has 0 atom stereocenters. The number of rotatable bonds is 3. The van der Waals surface area contributed by atoms with Gasteiger partial charge in [0, 0.05) is 30.0 Å². The Hall–Kier alpha value is -1.43. The average Bonchev–Trinajstić information content (AvgIpc) is 2.47. The third kappa shape index (κ3) is 3.61. The Morgan fingerprint density at radius 2 is 2.05 bits per heavy atom. The molecule has 0 spiro atoms. The third-order valence-electron chi connectivity index (χ3n) is 3.68. The van der Waals surface area contributed by atoms with E-state index in [0.717, 1.165) is 0 Å². The first-order valence-electron chi connectivity index (χ1n) is 7.05. The molecule has 1 aromatic rings. The maximum absolute atomic E-state index is 13.8. The van der Waals surface area contributed by atoms with Gasteiger partial charge in [0.2, 0.25) is 5.91 Å². The van der Waals surface area contributed by atoms with E-state index in [-0.39, 0.29) is 23.3 Å². The Kier molecular flexibility index (Phi) is 5.33. The highest BCUT2D eigenvalue weighted by Crippen LogP contribution is 2.24. The first kappa shape index (κ1) is 15.9. The topological polar surface area (TPSA) is 49.4 Å². The number of halogens is 2. The summed E-state index contributed by atoms with van der Waals surface area (Å²) < 4.78 is 14.3. The lowest BCUT2D eigenvalue weighted by atomic mass is 9.95. The van der Waals surface area contributed by atoms with Crippen LogP contribution in [0, 0.1) is 11.7 Å². The van der Waals surface area contributed by atoms with Crippen LogP contribution in [0.2, 0.25) is 0 Å². The first-order valence-corrected chi connectivity index (χ1v) is 7.85. The van der Waals surface area contributed by atoms with Gasteiger partial charge in [-0.15, -0.1) is 0 Å². The monoisotopic (exact) mass is 356 g/mol. The van der Waals surface area contributed by atoms with Crippen LogP contribution in [-0.4, -0.2) is 36.3 Å². The molecule has 2 rings (SSSR count). The van der Waals surface area contributed by atoms with Crippen LogP contribution >= 0.6 is 15.9 Å². The van der Waals surface area contributed by atoms with Crippen LogP contribution in [0.5, 0.6) is 0 Å². The maximum atomic E-state index is 13.8. The number of amides is 2. The number of hydrogen-bond donors (Lipinski definition) is 1. The smallest absolute Gasteiger partial charge is 0.257 e. The van der Waals surface area contributed by atoms with Crippen molar-refractivity contribution in [3.05, 3.63) is 34.1 Å². The van der Waals surface area contributed by atoms with Crippen molar-refractivity contribution in [3.63, 3.8) is 0 Å². The van der Waals surface area contributed by atoms with Crippen molar-refractivity contribution in [1.29, 1.82) is 0 Å². The summed E-state index contributed by atoms with van der Waals surface area (Å²) in [6, 6.07) is 4.48. The molecule has 1 aliphatic rings. The highest BCUT2D eigenvalue weighted by Gasteiger charge is 2.29. The van der Waals surface area contributed by atoms with Crippen molar-refractivity contribution >= 4 is 27.7 Å². The summed E-state index contributed by atoms with van der Waals surface area (Å²) in [4.78, 5) is 25.8. The molecule has 0 aromatic heterocycles. The lowest BCUT2D eigenvalue weighted by Crippen LogP contribution is -2.43. The lowest BCUT2D eigenvalue weighted by molar-refractivity contribution is -0.126.